The molecule has 2 N–H and O–H groups in total. The molecule has 5 rings (SSSR count). The minimum absolute atomic E-state index is 0.233. The van der Waals surface area contributed by atoms with Gasteiger partial charge in [-0.3, -0.25) is 0 Å². The third kappa shape index (κ3) is 2.74. The molecular formula is C24H32N8. The van der Waals surface area contributed by atoms with Gasteiger partial charge in [0.2, 0.25) is 0 Å². The van der Waals surface area contributed by atoms with Gasteiger partial charge in [-0.25, -0.2) is 19.3 Å². The van der Waals surface area contributed by atoms with E-state index in [0.717, 1.165) is 22.8 Å². The normalized spacial score (nSPS) is 20.2. The number of aromatic amines is 2. The molecular weight excluding hydrogens is 400 g/mol. The number of H-pyrrole nitrogens is 2. The molecule has 0 spiro atoms. The number of nitrogens with one attached hydrogen (secondary N) is 2. The van der Waals surface area contributed by atoms with Gasteiger partial charge >= 0.3 is 0 Å². The lowest BCUT2D eigenvalue weighted by atomic mass is 9.86. The first-order chi connectivity index (χ1) is 14.8. The highest BCUT2D eigenvalue weighted by atomic mass is 15.4. The van der Waals surface area contributed by atoms with E-state index in [-0.39, 0.29) is 5.41 Å². The fraction of sp³-hybridized carbons (Fsp3) is 0.500. The smallest absolute Gasteiger partial charge is 0.163 e. The molecule has 168 valence electrons. The van der Waals surface area contributed by atoms with E-state index >= 15 is 0 Å². The maximum absolute atomic E-state index is 4.89. The Kier molecular flexibility index (Phi) is 4.02. The van der Waals surface area contributed by atoms with E-state index in [2.05, 4.69) is 99.6 Å². The third-order valence-corrected chi connectivity index (χ3v) is 7.28. The van der Waals surface area contributed by atoms with Crippen LogP contribution in [0, 0.1) is 0 Å². The van der Waals surface area contributed by atoms with Crippen molar-refractivity contribution >= 4 is 0 Å². The number of rotatable bonds is 0. The standard InChI is InChI=1S/C24H32N8/c1-21(2)15-9-11-17(27-15)23(5,6)31-13-25-19(29-31)22(3,4)20-26-14-32(30-20)24(7,8)18-12-10-16(21)28-18/h9-14,27-28H,1-8H3. The largest absolute Gasteiger partial charge is 0.359 e. The summed E-state index contributed by atoms with van der Waals surface area (Å²) in [5, 5.41) is 9.77. The van der Waals surface area contributed by atoms with E-state index < -0.39 is 16.5 Å². The molecule has 0 atom stereocenters. The maximum atomic E-state index is 4.89. The van der Waals surface area contributed by atoms with Crippen LogP contribution in [0.1, 0.15) is 89.8 Å². The van der Waals surface area contributed by atoms with Crippen LogP contribution in [-0.4, -0.2) is 39.5 Å². The first kappa shape index (κ1) is 20.7. The highest BCUT2D eigenvalue weighted by molar-refractivity contribution is 5.35. The molecule has 4 aromatic rings. The Morgan fingerprint density at radius 1 is 0.562 bits per heavy atom. The number of aromatic nitrogens is 8. The van der Waals surface area contributed by atoms with Crippen molar-refractivity contribution in [2.45, 2.75) is 77.3 Å². The van der Waals surface area contributed by atoms with Crippen molar-refractivity contribution in [3.63, 3.8) is 0 Å². The van der Waals surface area contributed by atoms with Gasteiger partial charge in [0.25, 0.3) is 0 Å². The van der Waals surface area contributed by atoms with Gasteiger partial charge in [0.1, 0.15) is 12.7 Å². The molecule has 0 saturated heterocycles. The zero-order chi connectivity index (χ0) is 23.1. The molecule has 8 heteroatoms. The van der Waals surface area contributed by atoms with Crippen molar-refractivity contribution in [3.8, 4) is 0 Å². The molecule has 0 aromatic carbocycles. The minimum Gasteiger partial charge on any atom is -0.359 e. The van der Waals surface area contributed by atoms with Crippen LogP contribution in [0.4, 0.5) is 0 Å². The van der Waals surface area contributed by atoms with Crippen LogP contribution < -0.4 is 0 Å². The number of hydrogen-bond acceptors (Lipinski definition) is 4. The van der Waals surface area contributed by atoms with Gasteiger partial charge in [-0.05, 0) is 79.7 Å². The van der Waals surface area contributed by atoms with E-state index in [4.69, 9.17) is 10.2 Å². The molecule has 0 amide bonds. The Labute approximate surface area is 188 Å². The maximum Gasteiger partial charge on any atom is 0.163 e. The second kappa shape index (κ2) is 6.21. The summed E-state index contributed by atoms with van der Waals surface area (Å²) in [7, 11) is 0. The van der Waals surface area contributed by atoms with Crippen LogP contribution in [0.15, 0.2) is 36.9 Å². The SMILES string of the molecule is CC1(C)c2ncn(n2)C(C)(C)c2ccc([nH]2)C(C)(C)c2ccc([nH]2)C(C)(C)n2cnc1n2. The number of fused-ring (bicyclic) bond motifs is 8. The predicted molar refractivity (Wildman–Crippen MR) is 123 cm³/mol. The van der Waals surface area contributed by atoms with Crippen LogP contribution in [-0.2, 0) is 21.9 Å². The van der Waals surface area contributed by atoms with E-state index in [9.17, 15) is 0 Å². The third-order valence-electron chi connectivity index (χ3n) is 7.28. The fourth-order valence-electron chi connectivity index (χ4n) is 4.36. The second-order valence-electron chi connectivity index (χ2n) is 11.0. The molecule has 0 unspecified atom stereocenters. The highest BCUT2D eigenvalue weighted by Gasteiger charge is 2.38. The number of nitrogens with zero attached hydrogens (tertiary/aromatic N) is 6. The molecule has 0 aliphatic carbocycles. The summed E-state index contributed by atoms with van der Waals surface area (Å²) in [5.41, 5.74) is 2.87. The van der Waals surface area contributed by atoms with Gasteiger partial charge in [0.05, 0.1) is 16.5 Å². The Morgan fingerprint density at radius 2 is 0.938 bits per heavy atom. The molecule has 8 bridgehead atoms. The van der Waals surface area contributed by atoms with Gasteiger partial charge in [0.15, 0.2) is 11.6 Å². The summed E-state index contributed by atoms with van der Waals surface area (Å²) in [6.07, 6.45) is 3.61. The summed E-state index contributed by atoms with van der Waals surface area (Å²) < 4.78 is 3.85. The van der Waals surface area contributed by atoms with Crippen LogP contribution in [0.25, 0.3) is 0 Å². The van der Waals surface area contributed by atoms with Gasteiger partial charge in [-0.1, -0.05) is 0 Å². The summed E-state index contributed by atoms with van der Waals surface area (Å²) in [6, 6.07) is 8.65. The average Bonchev–Trinajstić information content (AvgIpc) is 3.53. The predicted octanol–water partition coefficient (Wildman–Crippen LogP) is 4.06. The van der Waals surface area contributed by atoms with Crippen molar-refractivity contribution in [2.75, 3.05) is 0 Å². The minimum atomic E-state index is -0.538. The van der Waals surface area contributed by atoms with Crippen molar-refractivity contribution < 1.29 is 0 Å². The number of hydrogen-bond donors (Lipinski definition) is 2. The van der Waals surface area contributed by atoms with E-state index in [1.165, 1.54) is 0 Å². The lowest BCUT2D eigenvalue weighted by Crippen LogP contribution is -2.32. The Bertz CT molecular complexity index is 1010. The van der Waals surface area contributed by atoms with Crippen LogP contribution >= 0.6 is 0 Å². The highest BCUT2D eigenvalue weighted by Crippen LogP contribution is 2.36. The van der Waals surface area contributed by atoms with Gasteiger partial charge in [0, 0.05) is 28.2 Å². The van der Waals surface area contributed by atoms with Gasteiger partial charge < -0.3 is 9.97 Å². The zero-order valence-corrected chi connectivity index (χ0v) is 20.1. The summed E-state index contributed by atoms with van der Waals surface area (Å²) in [5.74, 6) is 1.39. The first-order valence-corrected chi connectivity index (χ1v) is 11.1. The fourth-order valence-corrected chi connectivity index (χ4v) is 4.36. The van der Waals surface area contributed by atoms with Crippen LogP contribution in [0.3, 0.4) is 0 Å². The molecule has 4 aromatic heterocycles. The summed E-state index contributed by atoms with van der Waals surface area (Å²) in [4.78, 5) is 16.7. The monoisotopic (exact) mass is 432 g/mol. The van der Waals surface area contributed by atoms with Crippen molar-refractivity contribution in [2.24, 2.45) is 0 Å². The molecule has 0 fully saturated rings. The average molecular weight is 433 g/mol. The molecule has 8 nitrogen and oxygen atoms in total. The van der Waals surface area contributed by atoms with E-state index in [0.29, 0.717) is 11.6 Å². The second-order valence-corrected chi connectivity index (χ2v) is 11.0. The molecule has 1 aliphatic heterocycles. The molecule has 0 radical (unpaired) electrons. The van der Waals surface area contributed by atoms with Crippen molar-refractivity contribution in [1.82, 2.24) is 39.5 Å². The molecule has 5 heterocycles. The quantitative estimate of drug-likeness (QED) is 0.438. The first-order valence-electron chi connectivity index (χ1n) is 11.1. The molecule has 1 aliphatic rings. The zero-order valence-electron chi connectivity index (χ0n) is 20.1. The lowest BCUT2D eigenvalue weighted by Gasteiger charge is -2.28. The summed E-state index contributed by atoms with van der Waals surface area (Å²) in [6.45, 7) is 17.2. The van der Waals surface area contributed by atoms with E-state index in [1.807, 2.05) is 9.36 Å². The van der Waals surface area contributed by atoms with Crippen LogP contribution in [0.5, 0.6) is 0 Å². The van der Waals surface area contributed by atoms with Crippen molar-refractivity contribution in [3.05, 3.63) is 71.3 Å². The lowest BCUT2D eigenvalue weighted by molar-refractivity contribution is 0.364. The van der Waals surface area contributed by atoms with E-state index in [1.54, 1.807) is 12.7 Å². The topological polar surface area (TPSA) is 93.0 Å². The van der Waals surface area contributed by atoms with Gasteiger partial charge in [-0.2, -0.15) is 10.2 Å². The molecule has 32 heavy (non-hydrogen) atoms. The Morgan fingerprint density at radius 3 is 1.34 bits per heavy atom. The Hall–Kier alpha value is -3.16. The molecule has 0 saturated carbocycles. The van der Waals surface area contributed by atoms with Gasteiger partial charge in [-0.15, -0.1) is 0 Å². The Balaban J connectivity index is 1.76. The van der Waals surface area contributed by atoms with Crippen molar-refractivity contribution in [1.29, 1.82) is 0 Å². The summed E-state index contributed by atoms with van der Waals surface area (Å²) >= 11 is 0. The van der Waals surface area contributed by atoms with Crippen LogP contribution in [0.2, 0.25) is 0 Å².